The van der Waals surface area contributed by atoms with Gasteiger partial charge in [0.2, 0.25) is 0 Å². The lowest BCUT2D eigenvalue weighted by Gasteiger charge is -2.64. The molecule has 126 valence electrons. The van der Waals surface area contributed by atoms with Gasteiger partial charge in [-0.3, -0.25) is 0 Å². The van der Waals surface area contributed by atoms with E-state index in [1.54, 1.807) is 11.1 Å². The molecule has 0 amide bonds. The van der Waals surface area contributed by atoms with Gasteiger partial charge >= 0.3 is 0 Å². The SMILES string of the molecule is Cc1ccc2c(c1)[C@]1(C)CC[C@H]3C(C)(C)CCC[C@]3(C)[C@H]1CC2. The van der Waals surface area contributed by atoms with Gasteiger partial charge in [-0.05, 0) is 84.7 Å². The third-order valence-electron chi connectivity index (χ3n) is 8.38. The molecule has 2 fully saturated rings. The lowest BCUT2D eigenvalue weighted by molar-refractivity contribution is -0.110. The molecule has 23 heavy (non-hydrogen) atoms. The van der Waals surface area contributed by atoms with Crippen LogP contribution in [0, 0.1) is 29.6 Å². The van der Waals surface area contributed by atoms with E-state index in [4.69, 9.17) is 0 Å². The van der Waals surface area contributed by atoms with Crippen molar-refractivity contribution in [2.75, 3.05) is 0 Å². The molecule has 1 aromatic rings. The van der Waals surface area contributed by atoms with Gasteiger partial charge in [-0.15, -0.1) is 0 Å². The Hall–Kier alpha value is -0.780. The molecule has 0 heteroatoms. The van der Waals surface area contributed by atoms with Crippen molar-refractivity contribution in [2.45, 2.75) is 85.0 Å². The Morgan fingerprint density at radius 1 is 0.913 bits per heavy atom. The van der Waals surface area contributed by atoms with Crippen LogP contribution in [-0.4, -0.2) is 0 Å². The van der Waals surface area contributed by atoms with E-state index >= 15 is 0 Å². The third kappa shape index (κ3) is 2.09. The summed E-state index contributed by atoms with van der Waals surface area (Å²) >= 11 is 0. The minimum absolute atomic E-state index is 0.415. The van der Waals surface area contributed by atoms with Crippen LogP contribution in [0.25, 0.3) is 0 Å². The number of hydrogen-bond acceptors (Lipinski definition) is 0. The summed E-state index contributed by atoms with van der Waals surface area (Å²) < 4.78 is 0. The normalized spacial score (nSPS) is 41.6. The molecule has 0 spiro atoms. The van der Waals surface area contributed by atoms with E-state index in [9.17, 15) is 0 Å². The summed E-state index contributed by atoms with van der Waals surface area (Å²) in [7, 11) is 0. The highest BCUT2D eigenvalue weighted by Crippen LogP contribution is 2.66. The molecular formula is C23H34. The summed E-state index contributed by atoms with van der Waals surface area (Å²) in [4.78, 5) is 0. The quantitative estimate of drug-likeness (QED) is 0.517. The minimum atomic E-state index is 0.415. The van der Waals surface area contributed by atoms with E-state index in [-0.39, 0.29) is 0 Å². The van der Waals surface area contributed by atoms with E-state index in [2.05, 4.69) is 52.8 Å². The van der Waals surface area contributed by atoms with Crippen LogP contribution < -0.4 is 0 Å². The number of hydrogen-bond donors (Lipinski definition) is 0. The average molecular weight is 311 g/mol. The molecule has 4 atom stereocenters. The number of benzene rings is 1. The summed E-state index contributed by atoms with van der Waals surface area (Å²) in [5.41, 5.74) is 6.31. The van der Waals surface area contributed by atoms with Crippen molar-refractivity contribution in [3.05, 3.63) is 34.9 Å². The van der Waals surface area contributed by atoms with Gasteiger partial charge in [-0.1, -0.05) is 57.9 Å². The van der Waals surface area contributed by atoms with Gasteiger partial charge < -0.3 is 0 Å². The van der Waals surface area contributed by atoms with Gasteiger partial charge in [0.15, 0.2) is 0 Å². The van der Waals surface area contributed by atoms with Crippen LogP contribution >= 0.6 is 0 Å². The zero-order valence-corrected chi connectivity index (χ0v) is 15.8. The molecule has 4 rings (SSSR count). The molecule has 1 aromatic carbocycles. The molecule has 0 radical (unpaired) electrons. The molecule has 0 saturated heterocycles. The predicted molar refractivity (Wildman–Crippen MR) is 98.8 cm³/mol. The monoisotopic (exact) mass is 310 g/mol. The van der Waals surface area contributed by atoms with Crippen molar-refractivity contribution in [3.8, 4) is 0 Å². The molecule has 3 aliphatic carbocycles. The highest BCUT2D eigenvalue weighted by atomic mass is 14.6. The zero-order chi connectivity index (χ0) is 16.5. The maximum Gasteiger partial charge on any atom is -0.00387 e. The minimum Gasteiger partial charge on any atom is -0.0596 e. The number of aryl methyl sites for hydroxylation is 2. The lowest BCUT2D eigenvalue weighted by Crippen LogP contribution is -2.57. The first kappa shape index (κ1) is 15.7. The molecular weight excluding hydrogens is 276 g/mol. The van der Waals surface area contributed by atoms with E-state index in [1.807, 2.05) is 0 Å². The van der Waals surface area contributed by atoms with E-state index in [1.165, 1.54) is 50.5 Å². The maximum absolute atomic E-state index is 2.67. The van der Waals surface area contributed by atoms with Crippen molar-refractivity contribution >= 4 is 0 Å². The Balaban J connectivity index is 1.81. The fourth-order valence-corrected chi connectivity index (χ4v) is 7.36. The fraction of sp³-hybridized carbons (Fsp3) is 0.739. The first-order valence-electron chi connectivity index (χ1n) is 9.87. The third-order valence-corrected chi connectivity index (χ3v) is 8.38. The molecule has 0 N–H and O–H groups in total. The molecule has 2 saturated carbocycles. The number of rotatable bonds is 0. The van der Waals surface area contributed by atoms with E-state index in [0.29, 0.717) is 16.2 Å². The van der Waals surface area contributed by atoms with Crippen molar-refractivity contribution in [1.29, 1.82) is 0 Å². The van der Waals surface area contributed by atoms with Crippen LogP contribution in [0.15, 0.2) is 18.2 Å². The Bertz CT molecular complexity index is 625. The van der Waals surface area contributed by atoms with Crippen LogP contribution in [0.2, 0.25) is 0 Å². The lowest BCUT2D eigenvalue weighted by atomic mass is 9.40. The highest BCUT2D eigenvalue weighted by molar-refractivity contribution is 5.41. The summed E-state index contributed by atoms with van der Waals surface area (Å²) in [5, 5.41) is 0. The van der Waals surface area contributed by atoms with Gasteiger partial charge in [0.25, 0.3) is 0 Å². The Morgan fingerprint density at radius 2 is 1.70 bits per heavy atom. The number of fused-ring (bicyclic) bond motifs is 5. The Kier molecular flexibility index (Phi) is 3.33. The van der Waals surface area contributed by atoms with Crippen LogP contribution in [0.3, 0.4) is 0 Å². The summed E-state index contributed by atoms with van der Waals surface area (Å²) in [5.74, 6) is 1.80. The van der Waals surface area contributed by atoms with Crippen molar-refractivity contribution < 1.29 is 0 Å². The molecule has 3 aliphatic rings. The van der Waals surface area contributed by atoms with Crippen molar-refractivity contribution in [1.82, 2.24) is 0 Å². The largest absolute Gasteiger partial charge is 0.0596 e. The molecule has 0 heterocycles. The molecule has 0 bridgehead atoms. The van der Waals surface area contributed by atoms with Gasteiger partial charge in [-0.2, -0.15) is 0 Å². The molecule has 0 aliphatic heterocycles. The second kappa shape index (κ2) is 4.87. The van der Waals surface area contributed by atoms with Crippen molar-refractivity contribution in [2.24, 2.45) is 22.7 Å². The smallest absolute Gasteiger partial charge is 0.00387 e. The van der Waals surface area contributed by atoms with Gasteiger partial charge in [0.05, 0.1) is 0 Å². The summed E-state index contributed by atoms with van der Waals surface area (Å²) in [6.07, 6.45) is 9.89. The second-order valence-electron chi connectivity index (χ2n) is 10.1. The summed E-state index contributed by atoms with van der Waals surface area (Å²) in [6.45, 7) is 12.7. The fourth-order valence-electron chi connectivity index (χ4n) is 7.36. The van der Waals surface area contributed by atoms with Gasteiger partial charge in [0.1, 0.15) is 0 Å². The Labute approximate surface area is 143 Å². The second-order valence-corrected chi connectivity index (χ2v) is 10.1. The van der Waals surface area contributed by atoms with Crippen LogP contribution in [0.1, 0.15) is 82.9 Å². The van der Waals surface area contributed by atoms with Crippen molar-refractivity contribution in [3.63, 3.8) is 0 Å². The van der Waals surface area contributed by atoms with E-state index < -0.39 is 0 Å². The first-order valence-corrected chi connectivity index (χ1v) is 9.87. The van der Waals surface area contributed by atoms with Gasteiger partial charge in [-0.25, -0.2) is 0 Å². The Morgan fingerprint density at radius 3 is 2.48 bits per heavy atom. The van der Waals surface area contributed by atoms with Gasteiger partial charge in [0, 0.05) is 0 Å². The standard InChI is InChI=1S/C23H34/c1-16-7-8-17-9-10-20-22(4,18(17)15-16)14-11-19-21(2,3)12-6-13-23(19,20)5/h7-8,15,19-20H,6,9-14H2,1-5H3/t19-,20-,22-,23-/m0/s1. The van der Waals surface area contributed by atoms with E-state index in [0.717, 1.165) is 11.8 Å². The topological polar surface area (TPSA) is 0 Å². The molecule has 0 unspecified atom stereocenters. The van der Waals surface area contributed by atoms with Crippen LogP contribution in [-0.2, 0) is 11.8 Å². The zero-order valence-electron chi connectivity index (χ0n) is 15.8. The molecule has 0 aromatic heterocycles. The summed E-state index contributed by atoms with van der Waals surface area (Å²) in [6, 6.07) is 7.27. The average Bonchev–Trinajstić information content (AvgIpc) is 2.46. The maximum atomic E-state index is 2.67. The van der Waals surface area contributed by atoms with Crippen LogP contribution in [0.5, 0.6) is 0 Å². The highest BCUT2D eigenvalue weighted by Gasteiger charge is 2.59. The molecule has 0 nitrogen and oxygen atoms in total. The first-order chi connectivity index (χ1) is 10.8. The van der Waals surface area contributed by atoms with Crippen LogP contribution in [0.4, 0.5) is 0 Å². The predicted octanol–water partition coefficient (Wildman–Crippen LogP) is 6.44.